The number of piperazine rings is 1. The van der Waals surface area contributed by atoms with Crippen molar-refractivity contribution < 1.29 is 21.6 Å². The molecule has 21 heavy (non-hydrogen) atoms. The number of nitrogens with one attached hydrogen (secondary N) is 1. The molecule has 1 atom stereocenters. The topological polar surface area (TPSA) is 49.4 Å². The van der Waals surface area contributed by atoms with E-state index < -0.39 is 21.8 Å². The predicted molar refractivity (Wildman–Crippen MR) is 74.9 cm³/mol. The van der Waals surface area contributed by atoms with Gasteiger partial charge in [-0.1, -0.05) is 0 Å². The summed E-state index contributed by atoms with van der Waals surface area (Å²) in [6.45, 7) is 3.13. The molecule has 1 aliphatic rings. The average Bonchev–Trinajstić information content (AvgIpc) is 2.38. The Morgan fingerprint density at radius 3 is 2.29 bits per heavy atom. The van der Waals surface area contributed by atoms with Crippen LogP contribution in [0.3, 0.4) is 0 Å². The number of nitrogens with zero attached hydrogens (tertiary/aromatic N) is 1. The number of hydrogen-bond acceptors (Lipinski definition) is 3. The number of sulfonamides is 1. The molecule has 0 aliphatic carbocycles. The third-order valence-electron chi connectivity index (χ3n) is 3.23. The molecule has 2 rings (SSSR count). The Hall–Kier alpha value is -0.830. The van der Waals surface area contributed by atoms with Gasteiger partial charge in [0, 0.05) is 25.7 Å². The van der Waals surface area contributed by atoms with Gasteiger partial charge in [-0.05, 0) is 31.2 Å². The maximum atomic E-state index is 12.5. The largest absolute Gasteiger partial charge is 0.416 e. The number of rotatable bonds is 2. The molecule has 1 unspecified atom stereocenters. The lowest BCUT2D eigenvalue weighted by molar-refractivity contribution is -0.137. The Morgan fingerprint density at radius 1 is 1.24 bits per heavy atom. The molecule has 0 aromatic heterocycles. The summed E-state index contributed by atoms with van der Waals surface area (Å²) in [7, 11) is -3.75. The first-order chi connectivity index (χ1) is 9.23. The molecule has 0 saturated carbocycles. The first-order valence-electron chi connectivity index (χ1n) is 6.13. The van der Waals surface area contributed by atoms with Crippen molar-refractivity contribution in [2.75, 3.05) is 19.6 Å². The average molecular weight is 345 g/mol. The van der Waals surface area contributed by atoms with E-state index in [4.69, 9.17) is 0 Å². The maximum absolute atomic E-state index is 12.5. The lowest BCUT2D eigenvalue weighted by Gasteiger charge is -2.32. The van der Waals surface area contributed by atoms with Crippen LogP contribution < -0.4 is 5.32 Å². The molecule has 1 heterocycles. The molecule has 0 radical (unpaired) electrons. The van der Waals surface area contributed by atoms with Crippen molar-refractivity contribution >= 4 is 22.4 Å². The van der Waals surface area contributed by atoms with Crippen LogP contribution in [0.5, 0.6) is 0 Å². The van der Waals surface area contributed by atoms with Crippen LogP contribution in [0.15, 0.2) is 29.2 Å². The number of halogens is 4. The van der Waals surface area contributed by atoms with E-state index in [9.17, 15) is 21.6 Å². The minimum atomic E-state index is -4.47. The van der Waals surface area contributed by atoms with Gasteiger partial charge in [0.25, 0.3) is 0 Å². The Kier molecular flexibility index (Phi) is 5.65. The van der Waals surface area contributed by atoms with Crippen molar-refractivity contribution in [2.45, 2.75) is 24.0 Å². The van der Waals surface area contributed by atoms with E-state index in [-0.39, 0.29) is 23.3 Å². The van der Waals surface area contributed by atoms with E-state index >= 15 is 0 Å². The zero-order chi connectivity index (χ0) is 15.0. The van der Waals surface area contributed by atoms with Gasteiger partial charge < -0.3 is 5.32 Å². The summed E-state index contributed by atoms with van der Waals surface area (Å²) in [6.07, 6.45) is -4.47. The first-order valence-corrected chi connectivity index (χ1v) is 7.57. The molecule has 1 fully saturated rings. The highest BCUT2D eigenvalue weighted by Gasteiger charge is 2.33. The summed E-state index contributed by atoms with van der Waals surface area (Å²) in [6, 6.07) is 3.37. The third kappa shape index (κ3) is 3.88. The molecule has 1 aliphatic heterocycles. The summed E-state index contributed by atoms with van der Waals surface area (Å²) in [5.41, 5.74) is -0.857. The van der Waals surface area contributed by atoms with E-state index in [0.717, 1.165) is 24.3 Å². The molecule has 1 aromatic rings. The minimum absolute atomic E-state index is 0. The van der Waals surface area contributed by atoms with Crippen LogP contribution in [0.1, 0.15) is 12.5 Å². The fraction of sp³-hybridized carbons (Fsp3) is 0.500. The normalized spacial score (nSPS) is 20.9. The molecule has 1 N–H and O–H groups in total. The Morgan fingerprint density at radius 2 is 1.81 bits per heavy atom. The molecule has 0 bridgehead atoms. The van der Waals surface area contributed by atoms with E-state index in [1.165, 1.54) is 4.31 Å². The maximum Gasteiger partial charge on any atom is 0.416 e. The van der Waals surface area contributed by atoms with Gasteiger partial charge in [-0.15, -0.1) is 12.4 Å². The van der Waals surface area contributed by atoms with E-state index in [2.05, 4.69) is 5.32 Å². The van der Waals surface area contributed by atoms with Gasteiger partial charge in [0.05, 0.1) is 10.5 Å². The van der Waals surface area contributed by atoms with Crippen molar-refractivity contribution in [3.63, 3.8) is 0 Å². The first kappa shape index (κ1) is 18.2. The summed E-state index contributed by atoms with van der Waals surface area (Å²) in [4.78, 5) is -0.112. The van der Waals surface area contributed by atoms with Crippen molar-refractivity contribution in [1.82, 2.24) is 9.62 Å². The molecule has 1 aromatic carbocycles. The quantitative estimate of drug-likeness (QED) is 0.894. The molecular formula is C12H16ClF3N2O2S. The van der Waals surface area contributed by atoms with Crippen LogP contribution in [0, 0.1) is 0 Å². The van der Waals surface area contributed by atoms with Crippen molar-refractivity contribution in [1.29, 1.82) is 0 Å². The van der Waals surface area contributed by atoms with Crippen molar-refractivity contribution in [3.8, 4) is 0 Å². The summed E-state index contributed by atoms with van der Waals surface area (Å²) >= 11 is 0. The summed E-state index contributed by atoms with van der Waals surface area (Å²) < 4.78 is 63.5. The summed E-state index contributed by atoms with van der Waals surface area (Å²) in [5, 5.41) is 3.06. The SMILES string of the molecule is CC1CNCCN1S(=O)(=O)c1ccc(C(F)(F)F)cc1.Cl. The zero-order valence-corrected chi connectivity index (χ0v) is 12.9. The van der Waals surface area contributed by atoms with Crippen LogP contribution in [0.4, 0.5) is 13.2 Å². The van der Waals surface area contributed by atoms with Gasteiger partial charge >= 0.3 is 6.18 Å². The van der Waals surface area contributed by atoms with Gasteiger partial charge in [0.15, 0.2) is 0 Å². The zero-order valence-electron chi connectivity index (χ0n) is 11.2. The second kappa shape index (κ2) is 6.51. The predicted octanol–water partition coefficient (Wildman–Crippen LogP) is 2.11. The van der Waals surface area contributed by atoms with Gasteiger partial charge in [0.1, 0.15) is 0 Å². The van der Waals surface area contributed by atoms with Crippen molar-refractivity contribution in [2.24, 2.45) is 0 Å². The highest BCUT2D eigenvalue weighted by molar-refractivity contribution is 7.89. The standard InChI is InChI=1S/C12H15F3N2O2S.ClH/c1-9-8-16-6-7-17(9)20(18,19)11-4-2-10(3-5-11)12(13,14)15;/h2-5,9,16H,6-8H2,1H3;1H. The fourth-order valence-corrected chi connectivity index (χ4v) is 3.76. The molecule has 1 saturated heterocycles. The molecule has 120 valence electrons. The lowest BCUT2D eigenvalue weighted by atomic mass is 10.2. The van der Waals surface area contributed by atoms with Crippen LogP contribution in [0.25, 0.3) is 0 Å². The molecule has 4 nitrogen and oxygen atoms in total. The van der Waals surface area contributed by atoms with Crippen molar-refractivity contribution in [3.05, 3.63) is 29.8 Å². The van der Waals surface area contributed by atoms with E-state index in [1.807, 2.05) is 0 Å². The van der Waals surface area contributed by atoms with E-state index in [0.29, 0.717) is 19.6 Å². The molecule has 0 spiro atoms. The van der Waals surface area contributed by atoms with Crippen LogP contribution in [-0.4, -0.2) is 38.4 Å². The van der Waals surface area contributed by atoms with Crippen LogP contribution in [-0.2, 0) is 16.2 Å². The second-order valence-corrected chi connectivity index (χ2v) is 6.58. The Labute approximate surface area is 127 Å². The Bertz CT molecular complexity index is 575. The summed E-state index contributed by atoms with van der Waals surface area (Å²) in [5.74, 6) is 0. The lowest BCUT2D eigenvalue weighted by Crippen LogP contribution is -2.52. The minimum Gasteiger partial charge on any atom is -0.314 e. The number of hydrogen-bond donors (Lipinski definition) is 1. The number of alkyl halides is 3. The highest BCUT2D eigenvalue weighted by atomic mass is 35.5. The smallest absolute Gasteiger partial charge is 0.314 e. The van der Waals surface area contributed by atoms with Gasteiger partial charge in [0.2, 0.25) is 10.0 Å². The highest BCUT2D eigenvalue weighted by Crippen LogP contribution is 2.30. The second-order valence-electron chi connectivity index (χ2n) is 4.69. The fourth-order valence-electron chi connectivity index (χ4n) is 2.13. The monoisotopic (exact) mass is 344 g/mol. The van der Waals surface area contributed by atoms with E-state index in [1.54, 1.807) is 6.92 Å². The molecule has 9 heteroatoms. The van der Waals surface area contributed by atoms with Crippen LogP contribution >= 0.6 is 12.4 Å². The number of benzene rings is 1. The van der Waals surface area contributed by atoms with Crippen LogP contribution in [0.2, 0.25) is 0 Å². The third-order valence-corrected chi connectivity index (χ3v) is 5.26. The Balaban J connectivity index is 0.00000220. The van der Waals surface area contributed by atoms with Gasteiger partial charge in [-0.3, -0.25) is 0 Å². The van der Waals surface area contributed by atoms with Gasteiger partial charge in [-0.25, -0.2) is 8.42 Å². The van der Waals surface area contributed by atoms with Gasteiger partial charge in [-0.2, -0.15) is 17.5 Å². The molecule has 0 amide bonds. The molecular weight excluding hydrogens is 329 g/mol.